The summed E-state index contributed by atoms with van der Waals surface area (Å²) in [6.45, 7) is -1.38. The maximum absolute atomic E-state index is 13.9. The molecule has 4 rings (SSSR count). The number of ether oxygens (including phenoxy) is 3. The maximum atomic E-state index is 13.9. The Hall–Kier alpha value is -3.39. The lowest BCUT2D eigenvalue weighted by molar-refractivity contribution is -0.242. The van der Waals surface area contributed by atoms with Gasteiger partial charge in [-0.2, -0.15) is 22.0 Å². The predicted molar refractivity (Wildman–Crippen MR) is 140 cm³/mol. The first-order chi connectivity index (χ1) is 19.8. The highest BCUT2D eigenvalue weighted by Crippen LogP contribution is 2.41. The second-order valence-electron chi connectivity index (χ2n) is 10.1. The van der Waals surface area contributed by atoms with Crippen molar-refractivity contribution in [2.75, 3.05) is 22.7 Å². The molecule has 13 nitrogen and oxygen atoms in total. The number of nitrogens with one attached hydrogen (secondary N) is 2. The van der Waals surface area contributed by atoms with Gasteiger partial charge in [-0.05, 0) is 51.8 Å². The van der Waals surface area contributed by atoms with Crippen LogP contribution < -0.4 is 23.8 Å². The first-order valence-corrected chi connectivity index (χ1v) is 15.7. The number of aryl methyl sites for hydroxylation is 1. The van der Waals surface area contributed by atoms with Crippen molar-refractivity contribution in [2.45, 2.75) is 74.8 Å². The van der Waals surface area contributed by atoms with Crippen molar-refractivity contribution in [3.05, 3.63) is 24.4 Å². The molecule has 43 heavy (non-hydrogen) atoms. The molecule has 1 atom stereocenters. The fourth-order valence-electron chi connectivity index (χ4n) is 3.87. The summed E-state index contributed by atoms with van der Waals surface area (Å²) in [5.74, 6) is -1.03. The number of sulfonamides is 2. The van der Waals surface area contributed by atoms with Gasteiger partial charge in [-0.1, -0.05) is 0 Å². The lowest BCUT2D eigenvalue weighted by atomic mass is 10.1. The average molecular weight is 662 g/mol. The monoisotopic (exact) mass is 661 g/mol. The number of nitrogens with zero attached hydrogens (tertiary/aromatic N) is 3. The van der Waals surface area contributed by atoms with E-state index in [1.165, 1.54) is 12.1 Å². The first kappa shape index (κ1) is 32.5. The van der Waals surface area contributed by atoms with E-state index in [1.54, 1.807) is 6.92 Å². The van der Waals surface area contributed by atoms with Crippen molar-refractivity contribution < 1.29 is 57.8 Å². The quantitative estimate of drug-likeness (QED) is 0.344. The summed E-state index contributed by atoms with van der Waals surface area (Å²) in [6, 6.07) is 3.43. The van der Waals surface area contributed by atoms with Crippen LogP contribution in [0.2, 0.25) is 0 Å². The molecule has 1 aliphatic heterocycles. The minimum atomic E-state index is -4.89. The summed E-state index contributed by atoms with van der Waals surface area (Å²) in [4.78, 5) is 11.5. The van der Waals surface area contributed by atoms with Crippen molar-refractivity contribution in [1.29, 1.82) is 0 Å². The van der Waals surface area contributed by atoms with Gasteiger partial charge in [0.05, 0.1) is 17.5 Å². The molecule has 0 radical (unpaired) electrons. The second-order valence-corrected chi connectivity index (χ2v) is 14.0. The Morgan fingerprint density at radius 3 is 2.44 bits per heavy atom. The molecule has 1 aliphatic carbocycles. The second kappa shape index (κ2) is 11.6. The average Bonchev–Trinajstić information content (AvgIpc) is 3.67. The van der Waals surface area contributed by atoms with Crippen LogP contribution in [0.1, 0.15) is 33.6 Å². The molecule has 20 heteroatoms. The van der Waals surface area contributed by atoms with E-state index >= 15 is 0 Å². The number of amides is 1. The number of fused-ring (bicyclic) bond motifs is 1. The van der Waals surface area contributed by atoms with E-state index in [4.69, 9.17) is 4.74 Å². The molecule has 0 saturated heterocycles. The normalized spacial score (nSPS) is 17.8. The number of benzene rings is 1. The van der Waals surface area contributed by atoms with Crippen LogP contribution in [0.3, 0.4) is 0 Å². The number of rotatable bonds is 11. The highest BCUT2D eigenvalue weighted by Gasteiger charge is 2.51. The molecule has 2 aliphatic rings. The molecule has 2 N–H and O–H groups in total. The van der Waals surface area contributed by atoms with Crippen molar-refractivity contribution in [1.82, 2.24) is 14.5 Å². The number of carbonyl (C=O) groups excluding carboxylic acids is 1. The lowest BCUT2D eigenvalue weighted by Gasteiger charge is -2.35. The molecule has 2 heterocycles. The van der Waals surface area contributed by atoms with Crippen LogP contribution in [0.4, 0.5) is 38.1 Å². The zero-order valence-electron chi connectivity index (χ0n) is 22.9. The lowest BCUT2D eigenvalue weighted by Crippen LogP contribution is -2.48. The largest absolute Gasteiger partial charge is 0.485 e. The molecule has 1 fully saturated rings. The van der Waals surface area contributed by atoms with Crippen molar-refractivity contribution >= 4 is 37.5 Å². The van der Waals surface area contributed by atoms with E-state index in [-0.39, 0.29) is 30.2 Å². The standard InChI is InChI=1S/C23H28F5N5O8S2/c1-4-32-12-18(19(31-32)40-20(24)25)43(37,38)33-11-14(10-29-42(35,36)15-6-7-15)39-17-8-5-13(9-16(17)33)30-21(34)41-22(2,3)23(26,27)28/h5,8-9,12,14-15,20,29H,4,6-7,10-11H2,1-3H3,(H,30,34). The molecule has 1 amide bonds. The third-order valence-corrected chi connectivity index (χ3v) is 10.1. The summed E-state index contributed by atoms with van der Waals surface area (Å²) >= 11 is 0. The van der Waals surface area contributed by atoms with Gasteiger partial charge in [0.25, 0.3) is 15.9 Å². The highest BCUT2D eigenvalue weighted by molar-refractivity contribution is 7.93. The molecule has 240 valence electrons. The number of anilines is 2. The Labute approximate surface area is 243 Å². The zero-order chi connectivity index (χ0) is 32.0. The van der Waals surface area contributed by atoms with E-state index in [2.05, 4.69) is 24.6 Å². The minimum Gasteiger partial charge on any atom is -0.485 e. The molecule has 1 aromatic carbocycles. The maximum Gasteiger partial charge on any atom is 0.427 e. The van der Waals surface area contributed by atoms with E-state index < -0.39 is 73.2 Å². The van der Waals surface area contributed by atoms with E-state index in [1.807, 2.05) is 0 Å². The van der Waals surface area contributed by atoms with E-state index in [9.17, 15) is 43.6 Å². The number of hydrogen-bond acceptors (Lipinski definition) is 9. The van der Waals surface area contributed by atoms with Crippen LogP contribution in [-0.2, 0) is 31.3 Å². The van der Waals surface area contributed by atoms with Gasteiger partial charge in [0.15, 0.2) is 4.90 Å². The zero-order valence-corrected chi connectivity index (χ0v) is 24.5. The summed E-state index contributed by atoms with van der Waals surface area (Å²) in [5, 5.41) is 5.24. The minimum absolute atomic E-state index is 0.0881. The van der Waals surface area contributed by atoms with Crippen LogP contribution in [0.25, 0.3) is 0 Å². The van der Waals surface area contributed by atoms with Crippen molar-refractivity contribution in [3.8, 4) is 11.6 Å². The number of carbonyl (C=O) groups is 1. The van der Waals surface area contributed by atoms with Crippen LogP contribution in [0.5, 0.6) is 11.6 Å². The number of alkyl halides is 5. The smallest absolute Gasteiger partial charge is 0.427 e. The van der Waals surface area contributed by atoms with Crippen LogP contribution in [0, 0.1) is 0 Å². The Bertz CT molecular complexity index is 1580. The van der Waals surface area contributed by atoms with E-state index in [0.717, 1.165) is 16.9 Å². The van der Waals surface area contributed by atoms with Gasteiger partial charge in [-0.3, -0.25) is 14.3 Å². The Kier molecular flexibility index (Phi) is 8.77. The summed E-state index contributed by atoms with van der Waals surface area (Å²) in [6.07, 6.45) is -5.60. The third kappa shape index (κ3) is 7.23. The Morgan fingerprint density at radius 1 is 1.19 bits per heavy atom. The fourth-order valence-corrected chi connectivity index (χ4v) is 6.85. The molecular weight excluding hydrogens is 633 g/mol. The van der Waals surface area contributed by atoms with Crippen LogP contribution >= 0.6 is 0 Å². The summed E-state index contributed by atoms with van der Waals surface area (Å²) < 4.78 is 137. The number of hydrogen-bond donors (Lipinski definition) is 2. The van der Waals surface area contributed by atoms with Gasteiger partial charge < -0.3 is 14.2 Å². The third-order valence-electron chi connectivity index (χ3n) is 6.43. The first-order valence-electron chi connectivity index (χ1n) is 12.7. The van der Waals surface area contributed by atoms with Crippen LogP contribution in [-0.4, -0.2) is 75.5 Å². The van der Waals surface area contributed by atoms with Crippen molar-refractivity contribution in [2.24, 2.45) is 0 Å². The van der Waals surface area contributed by atoms with Gasteiger partial charge >= 0.3 is 18.9 Å². The molecular formula is C23H28F5N5O8S2. The van der Waals surface area contributed by atoms with E-state index in [0.29, 0.717) is 31.0 Å². The molecule has 0 spiro atoms. The highest BCUT2D eigenvalue weighted by atomic mass is 32.2. The van der Waals surface area contributed by atoms with Crippen LogP contribution in [0.15, 0.2) is 29.3 Å². The molecule has 1 aromatic heterocycles. The number of aromatic nitrogens is 2. The topological polar surface area (TPSA) is 158 Å². The van der Waals surface area contributed by atoms with Gasteiger partial charge in [-0.25, -0.2) is 26.4 Å². The van der Waals surface area contributed by atoms with Crippen molar-refractivity contribution in [3.63, 3.8) is 0 Å². The predicted octanol–water partition coefficient (Wildman–Crippen LogP) is 3.43. The molecule has 0 bridgehead atoms. The fraction of sp³-hybridized carbons (Fsp3) is 0.565. The molecule has 1 saturated carbocycles. The molecule has 2 aromatic rings. The van der Waals surface area contributed by atoms with Gasteiger partial charge in [0.1, 0.15) is 11.9 Å². The Balaban J connectivity index is 1.69. The summed E-state index contributed by atoms with van der Waals surface area (Å²) in [5.41, 5.74) is -3.31. The summed E-state index contributed by atoms with van der Waals surface area (Å²) in [7, 11) is -8.47. The van der Waals surface area contributed by atoms with Gasteiger partial charge in [0, 0.05) is 25.0 Å². The van der Waals surface area contributed by atoms with Gasteiger partial charge in [0.2, 0.25) is 15.6 Å². The Morgan fingerprint density at radius 2 is 1.86 bits per heavy atom. The van der Waals surface area contributed by atoms with Gasteiger partial charge in [-0.15, -0.1) is 5.10 Å². The SMILES string of the molecule is CCn1cc(S(=O)(=O)N2CC(CNS(=O)(=O)C3CC3)Oc3ccc(NC(=O)OC(C)(C)C(F)(F)F)cc32)c(OC(F)F)n1. The number of halogens is 5. The molecule has 1 unspecified atom stereocenters.